The lowest BCUT2D eigenvalue weighted by atomic mass is 10.0. The Hall–Kier alpha value is -2.95. The minimum absolute atomic E-state index is 0.571. The van der Waals surface area contributed by atoms with Crippen LogP contribution in [0.5, 0.6) is 0 Å². The minimum atomic E-state index is -0.571. The predicted octanol–water partition coefficient (Wildman–Crippen LogP) is 8.45. The van der Waals surface area contributed by atoms with E-state index in [9.17, 15) is 0 Å². The Balaban J connectivity index is 0.00000132. The SMILES string of the molecule is C/C=C\C(=C/C)P(c1ccccc1)c1ccc2cc(-c3ccccc3)ccc2c1.CC. The van der Waals surface area contributed by atoms with E-state index in [1.165, 1.54) is 37.8 Å². The van der Waals surface area contributed by atoms with Gasteiger partial charge in [-0.15, -0.1) is 0 Å². The van der Waals surface area contributed by atoms with Gasteiger partial charge in [-0.3, -0.25) is 0 Å². The Morgan fingerprint density at radius 2 is 1.23 bits per heavy atom. The Morgan fingerprint density at radius 1 is 0.613 bits per heavy atom. The lowest BCUT2D eigenvalue weighted by Gasteiger charge is -2.21. The molecule has 0 aliphatic rings. The van der Waals surface area contributed by atoms with Gasteiger partial charge < -0.3 is 0 Å². The van der Waals surface area contributed by atoms with Crippen molar-refractivity contribution in [2.45, 2.75) is 27.7 Å². The Labute approximate surface area is 188 Å². The van der Waals surface area contributed by atoms with Crippen LogP contribution in [0.15, 0.2) is 121 Å². The van der Waals surface area contributed by atoms with E-state index in [2.05, 4.69) is 129 Å². The van der Waals surface area contributed by atoms with Crippen LogP contribution in [0.2, 0.25) is 0 Å². The summed E-state index contributed by atoms with van der Waals surface area (Å²) in [7, 11) is -0.571. The van der Waals surface area contributed by atoms with Crippen molar-refractivity contribution in [3.05, 3.63) is 121 Å². The fourth-order valence-electron chi connectivity index (χ4n) is 3.68. The van der Waals surface area contributed by atoms with Crippen molar-refractivity contribution in [3.8, 4) is 11.1 Å². The molecule has 1 heteroatoms. The highest BCUT2D eigenvalue weighted by Crippen LogP contribution is 2.44. The topological polar surface area (TPSA) is 0 Å². The first-order valence-corrected chi connectivity index (χ1v) is 12.4. The fraction of sp³-hybridized carbons (Fsp3) is 0.133. The molecule has 0 saturated carbocycles. The molecule has 0 aliphatic heterocycles. The van der Waals surface area contributed by atoms with Crippen molar-refractivity contribution >= 4 is 29.3 Å². The molecule has 156 valence electrons. The third-order valence-corrected chi connectivity index (χ3v) is 7.63. The average Bonchev–Trinajstić information content (AvgIpc) is 2.86. The summed E-state index contributed by atoms with van der Waals surface area (Å²) in [5.41, 5.74) is 2.52. The highest BCUT2D eigenvalue weighted by atomic mass is 31.1. The zero-order chi connectivity index (χ0) is 22.1. The van der Waals surface area contributed by atoms with Crippen LogP contribution >= 0.6 is 7.92 Å². The second kappa shape index (κ2) is 11.4. The van der Waals surface area contributed by atoms with Gasteiger partial charge in [0.05, 0.1) is 0 Å². The van der Waals surface area contributed by atoms with Crippen LogP contribution in [0.3, 0.4) is 0 Å². The first-order valence-electron chi connectivity index (χ1n) is 11.0. The first-order chi connectivity index (χ1) is 15.3. The number of allylic oxidation sites excluding steroid dienone is 4. The molecule has 0 spiro atoms. The van der Waals surface area contributed by atoms with Gasteiger partial charge in [0.25, 0.3) is 0 Å². The monoisotopic (exact) mass is 422 g/mol. The second-order valence-electron chi connectivity index (χ2n) is 7.00. The standard InChI is InChI=1S/C28H25P.C2H6/c1-3-11-26(4-2)29(27-14-9-6-10-15-27)28-19-18-24-20-23(16-17-25(24)21-28)22-12-7-5-8-13-22;1-2/h3-21H,1-2H3;1-2H3/b11-3-,26-4+;. The molecule has 31 heavy (non-hydrogen) atoms. The lowest BCUT2D eigenvalue weighted by molar-refractivity contribution is 1.50. The van der Waals surface area contributed by atoms with Gasteiger partial charge in [0.15, 0.2) is 0 Å². The van der Waals surface area contributed by atoms with Crippen molar-refractivity contribution in [3.63, 3.8) is 0 Å². The molecule has 1 atom stereocenters. The molecular weight excluding hydrogens is 391 g/mol. The van der Waals surface area contributed by atoms with Crippen molar-refractivity contribution in [2.24, 2.45) is 0 Å². The number of fused-ring (bicyclic) bond motifs is 1. The lowest BCUT2D eigenvalue weighted by Crippen LogP contribution is -2.12. The van der Waals surface area contributed by atoms with E-state index >= 15 is 0 Å². The van der Waals surface area contributed by atoms with Gasteiger partial charge in [-0.1, -0.05) is 117 Å². The van der Waals surface area contributed by atoms with Crippen molar-refractivity contribution < 1.29 is 0 Å². The molecule has 0 bridgehead atoms. The maximum atomic E-state index is 2.37. The van der Waals surface area contributed by atoms with Gasteiger partial charge in [0, 0.05) is 0 Å². The quantitative estimate of drug-likeness (QED) is 0.224. The van der Waals surface area contributed by atoms with Gasteiger partial charge in [0.1, 0.15) is 0 Å². The fourth-order valence-corrected chi connectivity index (χ4v) is 6.09. The molecule has 0 radical (unpaired) electrons. The van der Waals surface area contributed by atoms with Gasteiger partial charge in [-0.05, 0) is 71.7 Å². The van der Waals surface area contributed by atoms with E-state index in [0.717, 1.165) is 0 Å². The van der Waals surface area contributed by atoms with Crippen molar-refractivity contribution in [2.75, 3.05) is 0 Å². The normalized spacial score (nSPS) is 12.5. The largest absolute Gasteiger partial charge is 0.0870 e. The summed E-state index contributed by atoms with van der Waals surface area (Å²) in [5, 5.41) is 6.73. The molecule has 0 saturated heterocycles. The molecule has 1 unspecified atom stereocenters. The third kappa shape index (κ3) is 5.40. The van der Waals surface area contributed by atoms with Crippen molar-refractivity contribution in [1.82, 2.24) is 0 Å². The summed E-state index contributed by atoms with van der Waals surface area (Å²) < 4.78 is 0. The zero-order valence-corrected chi connectivity index (χ0v) is 19.8. The Bertz CT molecular complexity index is 1150. The second-order valence-corrected chi connectivity index (χ2v) is 9.22. The van der Waals surface area contributed by atoms with Crippen LogP contribution < -0.4 is 10.6 Å². The maximum Gasteiger partial charge on any atom is -0.0138 e. The maximum absolute atomic E-state index is 2.37. The molecule has 0 aromatic heterocycles. The summed E-state index contributed by atoms with van der Waals surface area (Å²) in [6, 6.07) is 35.2. The number of hydrogen-bond donors (Lipinski definition) is 0. The first kappa shape index (κ1) is 22.7. The highest BCUT2D eigenvalue weighted by Gasteiger charge is 2.17. The van der Waals surface area contributed by atoms with E-state index in [1.807, 2.05) is 13.8 Å². The van der Waals surface area contributed by atoms with Gasteiger partial charge in [-0.2, -0.15) is 0 Å². The average molecular weight is 423 g/mol. The Kier molecular flexibility index (Phi) is 8.39. The van der Waals surface area contributed by atoms with Crippen molar-refractivity contribution in [1.29, 1.82) is 0 Å². The van der Waals surface area contributed by atoms with Crippen LogP contribution in [0.25, 0.3) is 21.9 Å². The van der Waals surface area contributed by atoms with Crippen LogP contribution in [0.1, 0.15) is 27.7 Å². The molecule has 4 aromatic carbocycles. The minimum Gasteiger partial charge on any atom is -0.0870 e. The molecule has 0 N–H and O–H groups in total. The van der Waals surface area contributed by atoms with E-state index in [4.69, 9.17) is 0 Å². The number of benzene rings is 4. The summed E-state index contributed by atoms with van der Waals surface area (Å²) >= 11 is 0. The molecule has 0 heterocycles. The molecule has 0 amide bonds. The van der Waals surface area contributed by atoms with E-state index in [1.54, 1.807) is 0 Å². The Morgan fingerprint density at radius 3 is 1.87 bits per heavy atom. The van der Waals surface area contributed by atoms with Gasteiger partial charge in [0.2, 0.25) is 0 Å². The van der Waals surface area contributed by atoms with E-state index < -0.39 is 7.92 Å². The summed E-state index contributed by atoms with van der Waals surface area (Å²) in [6.45, 7) is 8.23. The molecular formula is C30H31P. The summed E-state index contributed by atoms with van der Waals surface area (Å²) in [4.78, 5) is 0. The van der Waals surface area contributed by atoms with Gasteiger partial charge >= 0.3 is 0 Å². The summed E-state index contributed by atoms with van der Waals surface area (Å²) in [5.74, 6) is 0. The molecule has 4 rings (SSSR count). The van der Waals surface area contributed by atoms with Crippen LogP contribution in [0, 0.1) is 0 Å². The van der Waals surface area contributed by atoms with Crippen LogP contribution in [0.4, 0.5) is 0 Å². The smallest absolute Gasteiger partial charge is 0.0138 e. The summed E-state index contributed by atoms with van der Waals surface area (Å²) in [6.07, 6.45) is 6.64. The number of hydrogen-bond acceptors (Lipinski definition) is 0. The molecule has 0 aliphatic carbocycles. The zero-order valence-electron chi connectivity index (χ0n) is 18.9. The van der Waals surface area contributed by atoms with E-state index in [0.29, 0.717) is 0 Å². The van der Waals surface area contributed by atoms with Crippen LogP contribution in [-0.4, -0.2) is 0 Å². The highest BCUT2D eigenvalue weighted by molar-refractivity contribution is 7.77. The molecule has 4 aromatic rings. The third-order valence-electron chi connectivity index (χ3n) is 5.09. The molecule has 0 nitrogen and oxygen atoms in total. The van der Waals surface area contributed by atoms with Gasteiger partial charge in [-0.25, -0.2) is 0 Å². The van der Waals surface area contributed by atoms with Crippen LogP contribution in [-0.2, 0) is 0 Å². The van der Waals surface area contributed by atoms with E-state index in [-0.39, 0.29) is 0 Å². The predicted molar refractivity (Wildman–Crippen MR) is 142 cm³/mol. The number of rotatable bonds is 5. The molecule has 0 fully saturated rings.